The number of hydrogen-bond acceptors (Lipinski definition) is 6. The van der Waals surface area contributed by atoms with E-state index < -0.39 is 0 Å². The molecule has 0 aliphatic heterocycles. The Kier molecular flexibility index (Phi) is 19.3. The quantitative estimate of drug-likeness (QED) is 0.141. The predicted molar refractivity (Wildman–Crippen MR) is 336 cm³/mol. The minimum absolute atomic E-state index is 0. The summed E-state index contributed by atoms with van der Waals surface area (Å²) in [6.07, 6.45) is 39.9. The molecule has 0 amide bonds. The van der Waals surface area contributed by atoms with E-state index in [9.17, 15) is 0 Å². The fraction of sp³-hybridized carbons (Fsp3) is 0.553. The van der Waals surface area contributed by atoms with Gasteiger partial charge >= 0.3 is 0 Å². The summed E-state index contributed by atoms with van der Waals surface area (Å²) in [7, 11) is 0. The molecule has 0 spiro atoms. The summed E-state index contributed by atoms with van der Waals surface area (Å²) in [5.74, 6) is 19.6. The van der Waals surface area contributed by atoms with Gasteiger partial charge in [-0.15, -0.1) is 154 Å². The van der Waals surface area contributed by atoms with E-state index in [1.165, 1.54) is 141 Å². The molecule has 4 aromatic carbocycles. The molecule has 16 bridgehead atoms. The monoisotopic (exact) mass is 1910 g/mol. The summed E-state index contributed by atoms with van der Waals surface area (Å²) < 4.78 is 9.95. The van der Waals surface area contributed by atoms with Crippen molar-refractivity contribution in [3.63, 3.8) is 0 Å². The fourth-order valence-corrected chi connectivity index (χ4v) is 23.2. The van der Waals surface area contributed by atoms with Gasteiger partial charge in [-0.05, 0) is 238 Å². The van der Waals surface area contributed by atoms with Gasteiger partial charge in [0.05, 0.1) is 23.3 Å². The van der Waals surface area contributed by atoms with Crippen LogP contribution in [0.4, 0.5) is 0 Å². The van der Waals surface area contributed by atoms with Gasteiger partial charge < -0.3 is 18.3 Å². The zero-order chi connectivity index (χ0) is 57.1. The number of benzene rings is 4. The average molecular weight is 1910 g/mol. The van der Waals surface area contributed by atoms with E-state index in [0.717, 1.165) is 140 Å². The normalized spacial score (nSPS) is 34.9. The van der Waals surface area contributed by atoms with Crippen molar-refractivity contribution in [2.24, 2.45) is 82.9 Å². The molecule has 0 atom stereocenters. The maximum Gasteiger partial charge on any atom is 0.121 e. The average Bonchev–Trinajstić information content (AvgIpc) is 1.25. The molecule has 16 saturated carbocycles. The van der Waals surface area contributed by atoms with Crippen LogP contribution in [0.5, 0.6) is 0 Å². The van der Waals surface area contributed by atoms with Crippen LogP contribution in [0.2, 0.25) is 0 Å². The van der Waals surface area contributed by atoms with Gasteiger partial charge in [0.25, 0.3) is 0 Å². The van der Waals surface area contributed by atoms with Gasteiger partial charge in [-0.1, -0.05) is 0 Å². The molecule has 4 radical (unpaired) electrons. The van der Waals surface area contributed by atoms with Gasteiger partial charge in [-0.2, -0.15) is 10.2 Å². The Bertz CT molecular complexity index is 3540. The molecule has 0 N–H and O–H groups in total. The van der Waals surface area contributed by atoms with Crippen molar-refractivity contribution in [3.05, 3.63) is 158 Å². The standard InChI is InChI=1S/2C19H22N3.2C19H21N2.4Ir/c1-13-20-21-18(17-5-3-2-4-6-17)22(13)19-10-14-7-15(11-19)9-16(8-14)12-19;1-12-20-21-19(15-5-3-2-4-6-15)22(12)18-16-8-13-7-14(10-16)11-17(18)9-13;1-2-4-17(5-3-1)18-20-6-7-21(18)19-11-14-8-15(12-19)10-16(9-14)13-19;1-2-4-15(5-3-1)19-20-6-7-21(19)18-16-9-13-8-14(11-16)12-17(18)10-13;;;;/h2-5,14-16H,7-12H2,1H3;2-5,13-14,16-18H,7-11H2,1H3;1-4,6-7,14-16H,8-13H2;1-4,6-7,13-14,16-18H,8-12H2;;;;/q4*-1;;;;. The Balaban J connectivity index is 0.000000109. The SMILES string of the molecule is Cc1nnc(-c2[c-]cccc2)n1C12CC3CC(CC(C3)C1)C2.Cc1nnc(-c2[c-]cccc2)n1C1C2CC3CC(C2)CC1C3.[Ir].[Ir].[Ir].[Ir].[c-]1ccccc1-c1nccn1C12CC3CC(CC(C3)C1)C2.[c-]1ccccc1-c1nccn1C1C2CC3CC(C2)CC1C3. The maximum absolute atomic E-state index is 4.68. The van der Waals surface area contributed by atoms with Crippen molar-refractivity contribution >= 4 is 0 Å². The molecule has 4 aromatic heterocycles. The maximum atomic E-state index is 4.68. The molecule has 16 fully saturated rings. The van der Waals surface area contributed by atoms with Crippen LogP contribution < -0.4 is 0 Å². The van der Waals surface area contributed by atoms with E-state index in [1.54, 1.807) is 0 Å². The Hall–Kier alpha value is -3.82. The molecule has 4 heterocycles. The minimum Gasteiger partial charge on any atom is -0.367 e. The van der Waals surface area contributed by atoms with Crippen LogP contribution in [0.25, 0.3) is 45.6 Å². The van der Waals surface area contributed by atoms with Gasteiger partial charge in [0, 0.05) is 128 Å². The van der Waals surface area contributed by atoms with Crippen LogP contribution in [0, 0.1) is 121 Å². The largest absolute Gasteiger partial charge is 0.367 e. The number of imidazole rings is 2. The van der Waals surface area contributed by atoms with Gasteiger partial charge in [-0.3, -0.25) is 9.97 Å². The van der Waals surface area contributed by atoms with Crippen LogP contribution in [0.3, 0.4) is 0 Å². The molecule has 8 aromatic rings. The zero-order valence-electron chi connectivity index (χ0n) is 52.1. The molecule has 24 rings (SSSR count). The van der Waals surface area contributed by atoms with Crippen LogP contribution in [0.1, 0.15) is 165 Å². The summed E-state index contributed by atoms with van der Waals surface area (Å²) in [5.41, 5.74) is 5.07. The summed E-state index contributed by atoms with van der Waals surface area (Å²) >= 11 is 0. The third kappa shape index (κ3) is 12.0. The first-order valence-corrected chi connectivity index (χ1v) is 34.0. The van der Waals surface area contributed by atoms with Crippen molar-refractivity contribution in [1.82, 2.24) is 48.6 Å². The second-order valence-corrected chi connectivity index (χ2v) is 30.4. The van der Waals surface area contributed by atoms with E-state index in [0.29, 0.717) is 17.6 Å². The Morgan fingerprint density at radius 1 is 0.356 bits per heavy atom. The minimum atomic E-state index is 0. The number of nitrogens with zero attached hydrogens (tertiary/aromatic N) is 10. The second-order valence-electron chi connectivity index (χ2n) is 30.4. The van der Waals surface area contributed by atoms with Crippen LogP contribution in [0.15, 0.2) is 122 Å². The third-order valence-corrected chi connectivity index (χ3v) is 24.8. The van der Waals surface area contributed by atoms with Crippen molar-refractivity contribution in [1.29, 1.82) is 0 Å². The first-order valence-electron chi connectivity index (χ1n) is 34.0. The van der Waals surface area contributed by atoms with Gasteiger partial charge in [0.1, 0.15) is 11.6 Å². The van der Waals surface area contributed by atoms with Gasteiger partial charge in [-0.25, -0.2) is 0 Å². The molecular weight excluding hydrogens is 1820 g/mol. The summed E-state index contributed by atoms with van der Waals surface area (Å²) in [6, 6.07) is 47.5. The van der Waals surface area contributed by atoms with Crippen molar-refractivity contribution in [2.75, 3.05) is 0 Å². The van der Waals surface area contributed by atoms with E-state index in [2.05, 4.69) is 148 Å². The van der Waals surface area contributed by atoms with Crippen molar-refractivity contribution in [2.45, 2.75) is 178 Å². The second kappa shape index (κ2) is 26.8. The van der Waals surface area contributed by atoms with E-state index in [-0.39, 0.29) is 86.0 Å². The smallest absolute Gasteiger partial charge is 0.121 e. The van der Waals surface area contributed by atoms with Crippen LogP contribution in [-0.4, -0.2) is 48.6 Å². The Labute approximate surface area is 588 Å². The first-order chi connectivity index (χ1) is 42.2. The number of aromatic nitrogens is 10. The third-order valence-electron chi connectivity index (χ3n) is 24.8. The fourth-order valence-electron chi connectivity index (χ4n) is 23.2. The first kappa shape index (κ1) is 64.9. The molecule has 16 aliphatic rings. The van der Waals surface area contributed by atoms with E-state index in [1.807, 2.05) is 60.9 Å². The Morgan fingerprint density at radius 2 is 0.711 bits per heavy atom. The molecule has 14 heteroatoms. The van der Waals surface area contributed by atoms with Crippen molar-refractivity contribution in [3.8, 4) is 45.6 Å². The van der Waals surface area contributed by atoms with Gasteiger partial charge in [0.15, 0.2) is 0 Å². The number of hydrogen-bond donors (Lipinski definition) is 0. The van der Waals surface area contributed by atoms with Crippen LogP contribution >= 0.6 is 0 Å². The van der Waals surface area contributed by atoms with Gasteiger partial charge in [0.2, 0.25) is 0 Å². The molecule has 0 unspecified atom stereocenters. The van der Waals surface area contributed by atoms with Crippen LogP contribution in [-0.2, 0) is 91.5 Å². The molecule has 0 saturated heterocycles. The number of aryl methyl sites for hydroxylation is 2. The summed E-state index contributed by atoms with van der Waals surface area (Å²) in [6.45, 7) is 4.24. The topological polar surface area (TPSA) is 97.1 Å². The zero-order valence-corrected chi connectivity index (χ0v) is 61.7. The summed E-state index contributed by atoms with van der Waals surface area (Å²) in [4.78, 5) is 9.33. The summed E-state index contributed by atoms with van der Waals surface area (Å²) in [5, 5.41) is 17.9. The molecule has 90 heavy (non-hydrogen) atoms. The Morgan fingerprint density at radius 3 is 1.16 bits per heavy atom. The van der Waals surface area contributed by atoms with E-state index in [4.69, 9.17) is 0 Å². The number of rotatable bonds is 8. The predicted octanol–water partition coefficient (Wildman–Crippen LogP) is 16.6. The molecule has 480 valence electrons. The van der Waals surface area contributed by atoms with Crippen molar-refractivity contribution < 1.29 is 80.4 Å². The molecular formula is C76H86Ir4N10-4. The van der Waals surface area contributed by atoms with E-state index >= 15 is 0 Å². The molecule has 10 nitrogen and oxygen atoms in total. The molecule has 16 aliphatic carbocycles.